The maximum absolute atomic E-state index is 11.5. The fourth-order valence-corrected chi connectivity index (χ4v) is 4.25. The van der Waals surface area contributed by atoms with Gasteiger partial charge in [0.2, 0.25) is 5.91 Å². The van der Waals surface area contributed by atoms with Crippen LogP contribution in [0.1, 0.15) is 48.4 Å². The Morgan fingerprint density at radius 1 is 1.15 bits per heavy atom. The van der Waals surface area contributed by atoms with E-state index in [1.54, 1.807) is 0 Å². The molecule has 0 bridgehead atoms. The summed E-state index contributed by atoms with van der Waals surface area (Å²) in [6.45, 7) is 2.23. The number of aliphatic hydroxyl groups excluding tert-OH is 1. The zero-order chi connectivity index (χ0) is 19.6. The van der Waals surface area contributed by atoms with Crippen LogP contribution < -0.4 is 5.32 Å². The van der Waals surface area contributed by atoms with Gasteiger partial charge in [-0.2, -0.15) is 0 Å². The summed E-state index contributed by atoms with van der Waals surface area (Å²) in [4.78, 5) is 13.6. The topological polar surface area (TPSA) is 52.6 Å². The van der Waals surface area contributed by atoms with Crippen molar-refractivity contribution in [2.75, 3.05) is 25.5 Å². The van der Waals surface area contributed by atoms with E-state index in [4.69, 9.17) is 23.2 Å². The van der Waals surface area contributed by atoms with Crippen molar-refractivity contribution in [3.8, 4) is 0 Å². The molecule has 4 nitrogen and oxygen atoms in total. The average Bonchev–Trinajstić information content (AvgIpc) is 2.62. The molecule has 2 aromatic carbocycles. The Hall–Kier alpha value is -1.59. The molecule has 27 heavy (non-hydrogen) atoms. The lowest BCUT2D eigenvalue weighted by molar-refractivity contribution is -0.114. The number of hydrogen-bond donors (Lipinski definition) is 2. The molecule has 0 saturated heterocycles. The molecule has 1 amide bonds. The molecule has 2 N–H and O–H groups in total. The Bertz CT molecular complexity index is 841. The highest BCUT2D eigenvalue weighted by Gasteiger charge is 2.30. The van der Waals surface area contributed by atoms with Crippen molar-refractivity contribution >= 4 is 34.8 Å². The van der Waals surface area contributed by atoms with Gasteiger partial charge in [-0.25, -0.2) is 0 Å². The summed E-state index contributed by atoms with van der Waals surface area (Å²) >= 11 is 12.3. The van der Waals surface area contributed by atoms with Crippen LogP contribution in [0.5, 0.6) is 0 Å². The van der Waals surface area contributed by atoms with Crippen LogP contribution in [0.15, 0.2) is 36.4 Å². The summed E-state index contributed by atoms with van der Waals surface area (Å²) in [5, 5.41) is 13.3. The van der Waals surface area contributed by atoms with E-state index in [1.165, 1.54) is 18.1 Å². The number of carbonyl (C=O) groups is 1. The number of carbonyl (C=O) groups excluding carboxylic acids is 1. The highest BCUT2D eigenvalue weighted by atomic mass is 35.5. The van der Waals surface area contributed by atoms with Crippen molar-refractivity contribution in [3.05, 3.63) is 63.1 Å². The number of aliphatic hydroxyl groups is 1. The molecule has 6 heteroatoms. The van der Waals surface area contributed by atoms with E-state index >= 15 is 0 Å². The molecular weight excluding hydrogens is 383 g/mol. The zero-order valence-corrected chi connectivity index (χ0v) is 17.0. The fraction of sp³-hybridized carbons (Fsp3) is 0.381. The predicted molar refractivity (Wildman–Crippen MR) is 111 cm³/mol. The van der Waals surface area contributed by atoms with Crippen LogP contribution in [-0.2, 0) is 4.79 Å². The Morgan fingerprint density at radius 2 is 1.93 bits per heavy atom. The predicted octanol–water partition coefficient (Wildman–Crippen LogP) is 4.84. The fourth-order valence-electron chi connectivity index (χ4n) is 3.94. The van der Waals surface area contributed by atoms with Gasteiger partial charge in [0, 0.05) is 31.1 Å². The van der Waals surface area contributed by atoms with Crippen LogP contribution >= 0.6 is 23.2 Å². The summed E-state index contributed by atoms with van der Waals surface area (Å²) < 4.78 is 0. The van der Waals surface area contributed by atoms with Crippen LogP contribution in [0.4, 0.5) is 5.69 Å². The molecule has 1 aliphatic carbocycles. The largest absolute Gasteiger partial charge is 0.395 e. The normalized spacial score (nSPS) is 19.0. The van der Waals surface area contributed by atoms with E-state index in [0.29, 0.717) is 16.6 Å². The van der Waals surface area contributed by atoms with Crippen LogP contribution in [0, 0.1) is 0 Å². The Morgan fingerprint density at radius 3 is 2.59 bits per heavy atom. The number of halogens is 2. The van der Waals surface area contributed by atoms with Crippen molar-refractivity contribution in [2.24, 2.45) is 0 Å². The van der Waals surface area contributed by atoms with Crippen LogP contribution in [0.3, 0.4) is 0 Å². The van der Waals surface area contributed by atoms with Gasteiger partial charge in [0.25, 0.3) is 0 Å². The molecule has 0 aliphatic heterocycles. The van der Waals surface area contributed by atoms with Crippen LogP contribution in [-0.4, -0.2) is 36.1 Å². The first-order chi connectivity index (χ1) is 12.9. The van der Waals surface area contributed by atoms with E-state index in [0.717, 1.165) is 24.1 Å². The van der Waals surface area contributed by atoms with Gasteiger partial charge >= 0.3 is 0 Å². The van der Waals surface area contributed by atoms with Gasteiger partial charge in [0.05, 0.1) is 16.7 Å². The van der Waals surface area contributed by atoms with E-state index < -0.39 is 0 Å². The molecular formula is C21H24Cl2N2O2. The molecule has 3 rings (SSSR count). The van der Waals surface area contributed by atoms with Gasteiger partial charge < -0.3 is 10.4 Å². The second-order valence-corrected chi connectivity index (χ2v) is 7.86. The van der Waals surface area contributed by atoms with Gasteiger partial charge in [0.1, 0.15) is 0 Å². The van der Waals surface area contributed by atoms with E-state index in [2.05, 4.69) is 22.3 Å². The zero-order valence-electron chi connectivity index (χ0n) is 15.5. The summed E-state index contributed by atoms with van der Waals surface area (Å²) in [6, 6.07) is 12.1. The number of likely N-dealkylation sites (N-methyl/N-ethyl adjacent to an activating group) is 1. The SMILES string of the molecule is CC(=O)Nc1ccc2c(c1)C(N(C)CCO)CCC2c1ccc(Cl)c(Cl)c1. The third-order valence-electron chi connectivity index (χ3n) is 5.20. The van der Waals surface area contributed by atoms with Gasteiger partial charge in [-0.05, 0) is 60.8 Å². The molecule has 2 atom stereocenters. The lowest BCUT2D eigenvalue weighted by atomic mass is 9.76. The number of amides is 1. The van der Waals surface area contributed by atoms with Crippen molar-refractivity contribution in [1.29, 1.82) is 0 Å². The molecule has 1 aliphatic rings. The maximum atomic E-state index is 11.5. The lowest BCUT2D eigenvalue weighted by Crippen LogP contribution is -2.31. The second kappa shape index (κ2) is 8.61. The molecule has 2 aromatic rings. The minimum atomic E-state index is -0.0907. The van der Waals surface area contributed by atoms with Crippen LogP contribution in [0.25, 0.3) is 0 Å². The summed E-state index contributed by atoms with van der Waals surface area (Å²) in [5.41, 5.74) is 4.34. The van der Waals surface area contributed by atoms with Crippen molar-refractivity contribution < 1.29 is 9.90 Å². The van der Waals surface area contributed by atoms with E-state index in [1.807, 2.05) is 31.3 Å². The monoisotopic (exact) mass is 406 g/mol. The highest BCUT2D eigenvalue weighted by Crippen LogP contribution is 2.45. The Kier molecular flexibility index (Phi) is 6.43. The number of anilines is 1. The van der Waals surface area contributed by atoms with Crippen LogP contribution in [0.2, 0.25) is 10.0 Å². The Labute approximate surface area is 170 Å². The average molecular weight is 407 g/mol. The lowest BCUT2D eigenvalue weighted by Gasteiger charge is -2.37. The van der Waals surface area contributed by atoms with E-state index in [9.17, 15) is 9.90 Å². The van der Waals surface area contributed by atoms with Gasteiger partial charge in [-0.3, -0.25) is 9.69 Å². The first-order valence-electron chi connectivity index (χ1n) is 9.08. The highest BCUT2D eigenvalue weighted by molar-refractivity contribution is 6.42. The smallest absolute Gasteiger partial charge is 0.221 e. The molecule has 0 aromatic heterocycles. The Balaban J connectivity index is 2.04. The maximum Gasteiger partial charge on any atom is 0.221 e. The van der Waals surface area contributed by atoms with Gasteiger partial charge in [-0.15, -0.1) is 0 Å². The van der Waals surface area contributed by atoms with Gasteiger partial charge in [0.15, 0.2) is 0 Å². The van der Waals surface area contributed by atoms with Gasteiger partial charge in [-0.1, -0.05) is 35.3 Å². The third kappa shape index (κ3) is 4.46. The minimum absolute atomic E-state index is 0.0907. The first kappa shape index (κ1) is 20.2. The number of nitrogens with one attached hydrogen (secondary N) is 1. The molecule has 0 fully saturated rings. The van der Waals surface area contributed by atoms with Crippen molar-refractivity contribution in [2.45, 2.75) is 31.7 Å². The summed E-state index contributed by atoms with van der Waals surface area (Å²) in [5.74, 6) is 0.131. The number of benzene rings is 2. The molecule has 0 spiro atoms. The summed E-state index contributed by atoms with van der Waals surface area (Å²) in [7, 11) is 2.02. The number of fused-ring (bicyclic) bond motifs is 1. The molecule has 2 unspecified atom stereocenters. The van der Waals surface area contributed by atoms with Crippen molar-refractivity contribution in [1.82, 2.24) is 4.90 Å². The van der Waals surface area contributed by atoms with Crippen molar-refractivity contribution in [3.63, 3.8) is 0 Å². The second-order valence-electron chi connectivity index (χ2n) is 7.05. The standard InChI is InChI=1S/C21H24Cl2N2O2/c1-13(27)24-15-4-5-17-16(14-3-7-19(22)20(23)11-14)6-8-21(18(17)12-15)25(2)9-10-26/h3-5,7,11-12,16,21,26H,6,8-10H2,1-2H3,(H,24,27). The quantitative estimate of drug-likeness (QED) is 0.746. The number of nitrogens with zero attached hydrogens (tertiary/aromatic N) is 1. The molecule has 144 valence electrons. The number of rotatable bonds is 5. The molecule has 0 radical (unpaired) electrons. The molecule has 0 heterocycles. The summed E-state index contributed by atoms with van der Waals surface area (Å²) in [6.07, 6.45) is 1.93. The van der Waals surface area contributed by atoms with E-state index in [-0.39, 0.29) is 24.5 Å². The third-order valence-corrected chi connectivity index (χ3v) is 5.94. The first-order valence-corrected chi connectivity index (χ1v) is 9.83. The minimum Gasteiger partial charge on any atom is -0.395 e. The number of hydrogen-bond acceptors (Lipinski definition) is 3. The molecule has 0 saturated carbocycles.